The smallest absolute Gasteiger partial charge is 0.379 e. The summed E-state index contributed by atoms with van der Waals surface area (Å²) in [5.41, 5.74) is -0.310. The van der Waals surface area contributed by atoms with Crippen LogP contribution in [0.25, 0.3) is 0 Å². The quantitative estimate of drug-likeness (QED) is 0.786. The number of rotatable bonds is 6. The zero-order valence-corrected chi connectivity index (χ0v) is 16.0. The molecule has 8 heteroatoms. The second-order valence-electron chi connectivity index (χ2n) is 7.16. The van der Waals surface area contributed by atoms with Gasteiger partial charge in [0.2, 0.25) is 0 Å². The molecule has 0 bridgehead atoms. The first kappa shape index (κ1) is 21.5. The first-order valence-corrected chi connectivity index (χ1v) is 9.21. The van der Waals surface area contributed by atoms with Crippen LogP contribution in [0, 0.1) is 5.92 Å². The molecule has 1 fully saturated rings. The normalized spacial score (nSPS) is 18.2. The van der Waals surface area contributed by atoms with Gasteiger partial charge in [-0.05, 0) is 30.5 Å². The second-order valence-corrected chi connectivity index (χ2v) is 7.16. The molecule has 0 aromatic heterocycles. The third kappa shape index (κ3) is 6.39. The molecule has 0 saturated carbocycles. The van der Waals surface area contributed by atoms with Crippen LogP contribution in [-0.4, -0.2) is 49.8 Å². The monoisotopic (exact) mass is 387 g/mol. The summed E-state index contributed by atoms with van der Waals surface area (Å²) in [6, 6.07) is 4.27. The molecule has 0 spiro atoms. The van der Waals surface area contributed by atoms with Crippen LogP contribution in [0.15, 0.2) is 24.3 Å². The van der Waals surface area contributed by atoms with Gasteiger partial charge < -0.3 is 15.4 Å². The van der Waals surface area contributed by atoms with E-state index in [9.17, 15) is 18.0 Å². The molecule has 2 N–H and O–H groups in total. The Hall–Kier alpha value is -1.80. The Morgan fingerprint density at radius 2 is 1.89 bits per heavy atom. The summed E-state index contributed by atoms with van der Waals surface area (Å²) in [5, 5.41) is 5.56. The number of halogens is 3. The number of hydrogen-bond donors (Lipinski definition) is 2. The Bertz CT molecular complexity index is 616. The topological polar surface area (TPSA) is 53.6 Å². The minimum atomic E-state index is -4.40. The standard InChI is InChI=1S/C19H28F3N3O2/c1-13(2)17(25-7-9-27-10-8-25)12-23-18(26)24-14(3)15-5-4-6-16(11-15)19(20,21)22/h4-6,11,13-14,17H,7-10,12H2,1-3H3,(H2,23,24,26). The van der Waals surface area contributed by atoms with Crippen LogP contribution < -0.4 is 10.6 Å². The maximum absolute atomic E-state index is 12.8. The Morgan fingerprint density at radius 3 is 2.48 bits per heavy atom. The first-order chi connectivity index (χ1) is 12.7. The molecule has 0 aliphatic carbocycles. The number of morpholine rings is 1. The number of urea groups is 1. The highest BCUT2D eigenvalue weighted by Crippen LogP contribution is 2.30. The molecule has 1 aliphatic rings. The van der Waals surface area contributed by atoms with Crippen LogP contribution >= 0.6 is 0 Å². The van der Waals surface area contributed by atoms with Gasteiger partial charge in [0.15, 0.2) is 0 Å². The highest BCUT2D eigenvalue weighted by molar-refractivity contribution is 5.74. The summed E-state index contributed by atoms with van der Waals surface area (Å²) in [6.45, 7) is 9.36. The molecular formula is C19H28F3N3O2. The minimum absolute atomic E-state index is 0.184. The maximum Gasteiger partial charge on any atom is 0.416 e. The van der Waals surface area contributed by atoms with E-state index < -0.39 is 17.8 Å². The van der Waals surface area contributed by atoms with E-state index >= 15 is 0 Å². The number of amides is 2. The fraction of sp³-hybridized carbons (Fsp3) is 0.632. The molecule has 1 heterocycles. The lowest BCUT2D eigenvalue weighted by Gasteiger charge is -2.37. The zero-order valence-electron chi connectivity index (χ0n) is 16.0. The van der Waals surface area contributed by atoms with E-state index in [1.54, 1.807) is 13.0 Å². The number of ether oxygens (including phenoxy) is 1. The molecular weight excluding hydrogens is 359 g/mol. The average molecular weight is 387 g/mol. The van der Waals surface area contributed by atoms with Crippen molar-refractivity contribution in [3.63, 3.8) is 0 Å². The molecule has 2 unspecified atom stereocenters. The Balaban J connectivity index is 1.90. The highest BCUT2D eigenvalue weighted by atomic mass is 19.4. The number of carbonyl (C=O) groups excluding carboxylic acids is 1. The van der Waals surface area contributed by atoms with Gasteiger partial charge in [0.25, 0.3) is 0 Å². The van der Waals surface area contributed by atoms with Crippen molar-refractivity contribution in [2.45, 2.75) is 39.0 Å². The van der Waals surface area contributed by atoms with Crippen LogP contribution in [0.3, 0.4) is 0 Å². The van der Waals surface area contributed by atoms with Crippen molar-refractivity contribution in [2.24, 2.45) is 5.92 Å². The zero-order chi connectivity index (χ0) is 20.0. The van der Waals surface area contributed by atoms with Gasteiger partial charge in [-0.25, -0.2) is 4.79 Å². The van der Waals surface area contributed by atoms with Gasteiger partial charge in [0.1, 0.15) is 0 Å². The van der Waals surface area contributed by atoms with Gasteiger partial charge in [0.05, 0.1) is 24.8 Å². The molecule has 1 aliphatic heterocycles. The van der Waals surface area contributed by atoms with Crippen molar-refractivity contribution in [2.75, 3.05) is 32.8 Å². The number of benzene rings is 1. The summed E-state index contributed by atoms with van der Waals surface area (Å²) in [4.78, 5) is 14.5. The highest BCUT2D eigenvalue weighted by Gasteiger charge is 2.31. The molecule has 1 aromatic carbocycles. The van der Waals surface area contributed by atoms with E-state index in [-0.39, 0.29) is 12.1 Å². The van der Waals surface area contributed by atoms with Crippen molar-refractivity contribution in [3.05, 3.63) is 35.4 Å². The van der Waals surface area contributed by atoms with Crippen molar-refractivity contribution in [3.8, 4) is 0 Å². The van der Waals surface area contributed by atoms with E-state index in [2.05, 4.69) is 29.4 Å². The van der Waals surface area contributed by atoms with E-state index in [1.807, 2.05) is 0 Å². The number of carbonyl (C=O) groups is 1. The third-order valence-electron chi connectivity index (χ3n) is 4.82. The fourth-order valence-electron chi connectivity index (χ4n) is 3.21. The summed E-state index contributed by atoms with van der Waals surface area (Å²) >= 11 is 0. The number of nitrogens with zero attached hydrogens (tertiary/aromatic N) is 1. The third-order valence-corrected chi connectivity index (χ3v) is 4.82. The average Bonchev–Trinajstić information content (AvgIpc) is 2.62. The lowest BCUT2D eigenvalue weighted by molar-refractivity contribution is -0.137. The van der Waals surface area contributed by atoms with E-state index in [1.165, 1.54) is 6.07 Å². The van der Waals surface area contributed by atoms with Gasteiger partial charge >= 0.3 is 12.2 Å². The Morgan fingerprint density at radius 1 is 1.22 bits per heavy atom. The molecule has 5 nitrogen and oxygen atoms in total. The summed E-state index contributed by atoms with van der Waals surface area (Å²) < 4.78 is 43.9. The van der Waals surface area contributed by atoms with Crippen molar-refractivity contribution < 1.29 is 22.7 Å². The van der Waals surface area contributed by atoms with E-state index in [4.69, 9.17) is 4.74 Å². The number of nitrogens with one attached hydrogen (secondary N) is 2. The maximum atomic E-state index is 12.8. The second kappa shape index (κ2) is 9.41. The van der Waals surface area contributed by atoms with Crippen molar-refractivity contribution >= 4 is 6.03 Å². The van der Waals surface area contributed by atoms with Crippen LogP contribution in [0.4, 0.5) is 18.0 Å². The fourth-order valence-corrected chi connectivity index (χ4v) is 3.21. The van der Waals surface area contributed by atoms with Gasteiger partial charge in [-0.2, -0.15) is 13.2 Å². The van der Waals surface area contributed by atoms with E-state index in [0.29, 0.717) is 31.2 Å². The lowest BCUT2D eigenvalue weighted by Crippen LogP contribution is -2.52. The predicted octanol–water partition coefficient (Wildman–Crippen LogP) is 3.42. The molecule has 152 valence electrons. The number of hydrogen-bond acceptors (Lipinski definition) is 3. The van der Waals surface area contributed by atoms with Gasteiger partial charge in [-0.15, -0.1) is 0 Å². The van der Waals surface area contributed by atoms with Gasteiger partial charge in [-0.3, -0.25) is 4.90 Å². The van der Waals surface area contributed by atoms with Crippen LogP contribution in [0.2, 0.25) is 0 Å². The van der Waals surface area contributed by atoms with Crippen molar-refractivity contribution in [1.29, 1.82) is 0 Å². The first-order valence-electron chi connectivity index (χ1n) is 9.21. The largest absolute Gasteiger partial charge is 0.416 e. The van der Waals surface area contributed by atoms with Crippen LogP contribution in [-0.2, 0) is 10.9 Å². The SMILES string of the molecule is CC(NC(=O)NCC(C(C)C)N1CCOCC1)c1cccc(C(F)(F)F)c1. The predicted molar refractivity (Wildman–Crippen MR) is 97.4 cm³/mol. The van der Waals surface area contributed by atoms with Crippen LogP contribution in [0.5, 0.6) is 0 Å². The molecule has 0 radical (unpaired) electrons. The molecule has 27 heavy (non-hydrogen) atoms. The molecule has 2 atom stereocenters. The molecule has 1 aromatic rings. The van der Waals surface area contributed by atoms with E-state index in [0.717, 1.165) is 25.2 Å². The molecule has 1 saturated heterocycles. The number of alkyl halides is 3. The lowest BCUT2D eigenvalue weighted by atomic mass is 10.0. The summed E-state index contributed by atoms with van der Waals surface area (Å²) in [5.74, 6) is 0.351. The van der Waals surface area contributed by atoms with Gasteiger partial charge in [-0.1, -0.05) is 26.0 Å². The minimum Gasteiger partial charge on any atom is -0.379 e. The Labute approximate surface area is 158 Å². The van der Waals surface area contributed by atoms with Crippen LogP contribution in [0.1, 0.15) is 37.9 Å². The summed E-state index contributed by atoms with van der Waals surface area (Å²) in [6.07, 6.45) is -4.40. The van der Waals surface area contributed by atoms with Gasteiger partial charge in [0, 0.05) is 25.7 Å². The molecule has 2 amide bonds. The summed E-state index contributed by atoms with van der Waals surface area (Å²) in [7, 11) is 0. The Kier molecular flexibility index (Phi) is 7.49. The van der Waals surface area contributed by atoms with Crippen molar-refractivity contribution in [1.82, 2.24) is 15.5 Å². The molecule has 2 rings (SSSR count).